The second kappa shape index (κ2) is 14.2. The lowest BCUT2D eigenvalue weighted by Gasteiger charge is -2.61. The standard InChI is InChI=1S/C30H48NO7/c1-24-6-7-25-22-28-26-5-3-4-9-30(26,27(25)21-24)10-11-31(28,2)23-38-29(33)8-13-34-15-17-36-19-20-37-18-16-35-14-12-32/h6-7,21,26,28,32H,3-5,8-20,22-23H2,1-2H3/q+1/t26-,28+,30+,31?/m0/s1. The van der Waals surface area contributed by atoms with E-state index in [1.165, 1.54) is 43.2 Å². The van der Waals surface area contributed by atoms with Crippen molar-refractivity contribution in [2.45, 2.75) is 63.3 Å². The van der Waals surface area contributed by atoms with Crippen molar-refractivity contribution in [3.63, 3.8) is 0 Å². The minimum Gasteiger partial charge on any atom is -0.415 e. The highest BCUT2D eigenvalue weighted by atomic mass is 16.6. The third-order valence-electron chi connectivity index (χ3n) is 8.99. The Morgan fingerprint density at radius 1 is 0.974 bits per heavy atom. The predicted octanol–water partition coefficient (Wildman–Crippen LogP) is 3.15. The quantitative estimate of drug-likeness (QED) is 0.198. The molecule has 1 N–H and O–H groups in total. The number of hydrogen-bond donors (Lipinski definition) is 1. The summed E-state index contributed by atoms with van der Waals surface area (Å²) in [5.74, 6) is 0.491. The number of esters is 1. The second-order valence-electron chi connectivity index (χ2n) is 11.5. The van der Waals surface area contributed by atoms with Gasteiger partial charge >= 0.3 is 5.97 Å². The van der Waals surface area contributed by atoms with Gasteiger partial charge in [-0.3, -0.25) is 9.28 Å². The molecule has 2 aliphatic carbocycles. The van der Waals surface area contributed by atoms with E-state index >= 15 is 0 Å². The number of quaternary nitrogens is 1. The van der Waals surface area contributed by atoms with E-state index in [0.29, 0.717) is 77.0 Å². The van der Waals surface area contributed by atoms with Crippen LogP contribution in [0.2, 0.25) is 0 Å². The number of benzene rings is 1. The lowest BCUT2D eigenvalue weighted by atomic mass is 9.52. The van der Waals surface area contributed by atoms with Gasteiger partial charge in [-0.25, -0.2) is 0 Å². The van der Waals surface area contributed by atoms with Gasteiger partial charge in [0.2, 0.25) is 6.73 Å². The molecule has 3 aliphatic rings. The van der Waals surface area contributed by atoms with Crippen LogP contribution in [0.15, 0.2) is 18.2 Å². The summed E-state index contributed by atoms with van der Waals surface area (Å²) in [7, 11) is 2.30. The summed E-state index contributed by atoms with van der Waals surface area (Å²) in [6.45, 7) is 7.24. The van der Waals surface area contributed by atoms with Gasteiger partial charge in [-0.05, 0) is 30.9 Å². The molecule has 0 aromatic heterocycles. The van der Waals surface area contributed by atoms with E-state index in [9.17, 15) is 4.79 Å². The fourth-order valence-electron chi connectivity index (χ4n) is 7.02. The number of fused-ring (bicyclic) bond motifs is 1. The van der Waals surface area contributed by atoms with Crippen LogP contribution in [-0.4, -0.2) is 101 Å². The molecule has 4 rings (SSSR count). The summed E-state index contributed by atoms with van der Waals surface area (Å²) >= 11 is 0. The normalized spacial score (nSPS) is 28.0. The summed E-state index contributed by atoms with van der Waals surface area (Å²) in [6, 6.07) is 7.60. The highest BCUT2D eigenvalue weighted by molar-refractivity contribution is 5.69. The van der Waals surface area contributed by atoms with Gasteiger partial charge < -0.3 is 28.8 Å². The molecule has 8 nitrogen and oxygen atoms in total. The van der Waals surface area contributed by atoms with Gasteiger partial charge in [0.05, 0.1) is 85.5 Å². The number of ether oxygens (including phenoxy) is 5. The number of aryl methyl sites for hydroxylation is 1. The molecule has 0 radical (unpaired) electrons. The van der Waals surface area contributed by atoms with Crippen molar-refractivity contribution in [1.82, 2.24) is 0 Å². The van der Waals surface area contributed by atoms with Gasteiger partial charge in [0, 0.05) is 24.2 Å². The molecule has 1 saturated carbocycles. The fraction of sp³-hybridized carbons (Fsp3) is 0.767. The van der Waals surface area contributed by atoms with Crippen molar-refractivity contribution in [3.8, 4) is 0 Å². The zero-order valence-corrected chi connectivity index (χ0v) is 23.5. The Balaban J connectivity index is 1.14. The van der Waals surface area contributed by atoms with E-state index in [0.717, 1.165) is 17.4 Å². The van der Waals surface area contributed by atoms with E-state index in [1.54, 1.807) is 5.56 Å². The van der Waals surface area contributed by atoms with Crippen LogP contribution < -0.4 is 0 Å². The van der Waals surface area contributed by atoms with E-state index in [2.05, 4.69) is 32.2 Å². The van der Waals surface area contributed by atoms with Gasteiger partial charge in [-0.2, -0.15) is 0 Å². The number of hydrogen-bond acceptors (Lipinski definition) is 7. The van der Waals surface area contributed by atoms with Crippen LogP contribution in [-0.2, 0) is 40.3 Å². The van der Waals surface area contributed by atoms with Crippen LogP contribution in [0.1, 0.15) is 55.2 Å². The molecule has 0 amide bonds. The summed E-state index contributed by atoms with van der Waals surface area (Å²) in [5.41, 5.74) is 4.83. The van der Waals surface area contributed by atoms with Gasteiger partial charge in [-0.15, -0.1) is 0 Å². The van der Waals surface area contributed by atoms with Gasteiger partial charge in [0.1, 0.15) is 0 Å². The smallest absolute Gasteiger partial charge is 0.312 e. The zero-order chi connectivity index (χ0) is 26.8. The minimum absolute atomic E-state index is 0.0239. The summed E-state index contributed by atoms with van der Waals surface area (Å²) < 4.78 is 28.2. The molecule has 1 heterocycles. The topological polar surface area (TPSA) is 83.5 Å². The number of aliphatic hydroxyl groups excluding tert-OH is 1. The third-order valence-corrected chi connectivity index (χ3v) is 8.99. The van der Waals surface area contributed by atoms with Gasteiger partial charge in [0.25, 0.3) is 0 Å². The highest BCUT2D eigenvalue weighted by Gasteiger charge is 2.59. The van der Waals surface area contributed by atoms with Crippen molar-refractivity contribution >= 4 is 5.97 Å². The van der Waals surface area contributed by atoms with Crippen LogP contribution >= 0.6 is 0 Å². The minimum atomic E-state index is -0.186. The maximum absolute atomic E-state index is 12.5. The SMILES string of the molecule is Cc1ccc2c(c1)[C@@]13CCCC[C@H]1[C@@H](C2)[N+](C)(COC(=O)CCOCCOCCOCCOCCO)CC3. The Labute approximate surface area is 228 Å². The van der Waals surface area contributed by atoms with Gasteiger partial charge in [-0.1, -0.05) is 36.6 Å². The summed E-state index contributed by atoms with van der Waals surface area (Å²) in [4.78, 5) is 12.5. The van der Waals surface area contributed by atoms with Crippen molar-refractivity contribution in [1.29, 1.82) is 0 Å². The van der Waals surface area contributed by atoms with Crippen LogP contribution in [0.3, 0.4) is 0 Å². The first kappa shape index (κ1) is 29.4. The number of rotatable bonds is 16. The number of aliphatic hydroxyl groups is 1. The molecule has 2 bridgehead atoms. The summed E-state index contributed by atoms with van der Waals surface area (Å²) in [5, 5.41) is 8.62. The Morgan fingerprint density at radius 2 is 1.66 bits per heavy atom. The van der Waals surface area contributed by atoms with Crippen molar-refractivity contribution < 1.29 is 38.1 Å². The second-order valence-corrected chi connectivity index (χ2v) is 11.5. The van der Waals surface area contributed by atoms with Crippen molar-refractivity contribution in [3.05, 3.63) is 34.9 Å². The molecule has 8 heteroatoms. The summed E-state index contributed by atoms with van der Waals surface area (Å²) in [6.07, 6.45) is 7.77. The molecule has 0 spiro atoms. The highest BCUT2D eigenvalue weighted by Crippen LogP contribution is 2.57. The molecule has 1 saturated heterocycles. The first-order valence-corrected chi connectivity index (χ1v) is 14.5. The van der Waals surface area contributed by atoms with E-state index < -0.39 is 0 Å². The van der Waals surface area contributed by atoms with E-state index in [1.807, 2.05) is 0 Å². The number of piperidine rings is 1. The monoisotopic (exact) mass is 534 g/mol. The molecule has 214 valence electrons. The van der Waals surface area contributed by atoms with Crippen molar-refractivity contribution in [2.75, 3.05) is 79.8 Å². The van der Waals surface area contributed by atoms with E-state index in [-0.39, 0.29) is 19.0 Å². The van der Waals surface area contributed by atoms with Crippen LogP contribution in [0.4, 0.5) is 0 Å². The lowest BCUT2D eigenvalue weighted by molar-refractivity contribution is -0.959. The first-order chi connectivity index (χ1) is 18.5. The van der Waals surface area contributed by atoms with Crippen molar-refractivity contribution in [2.24, 2.45) is 5.92 Å². The Hall–Kier alpha value is -1.55. The van der Waals surface area contributed by atoms with Crippen LogP contribution in [0.5, 0.6) is 0 Å². The molecule has 1 aromatic carbocycles. The number of carbonyl (C=O) groups is 1. The Bertz CT molecular complexity index is 895. The van der Waals surface area contributed by atoms with Gasteiger partial charge in [0.15, 0.2) is 0 Å². The number of likely N-dealkylation sites (tertiary alicyclic amines) is 1. The fourth-order valence-corrected chi connectivity index (χ4v) is 7.02. The predicted molar refractivity (Wildman–Crippen MR) is 144 cm³/mol. The molecule has 2 fully saturated rings. The van der Waals surface area contributed by atoms with Crippen LogP contribution in [0, 0.1) is 12.8 Å². The Morgan fingerprint density at radius 3 is 2.37 bits per heavy atom. The average Bonchev–Trinajstić information content (AvgIpc) is 2.92. The molecule has 1 aromatic rings. The zero-order valence-electron chi connectivity index (χ0n) is 23.5. The molecular weight excluding hydrogens is 486 g/mol. The largest absolute Gasteiger partial charge is 0.415 e. The van der Waals surface area contributed by atoms with Crippen LogP contribution in [0.25, 0.3) is 0 Å². The third kappa shape index (κ3) is 7.14. The molecule has 1 aliphatic heterocycles. The number of carbonyl (C=O) groups excluding carboxylic acids is 1. The Kier molecular flexibility index (Phi) is 11.0. The number of likely N-dealkylation sites (N-methyl/N-ethyl adjacent to an activating group) is 1. The van der Waals surface area contributed by atoms with E-state index in [4.69, 9.17) is 28.8 Å². The maximum atomic E-state index is 12.5. The molecule has 1 unspecified atom stereocenters. The maximum Gasteiger partial charge on any atom is 0.312 e. The average molecular weight is 535 g/mol. The molecular formula is C30H48NO7+. The molecule has 4 atom stereocenters. The molecule has 38 heavy (non-hydrogen) atoms. The lowest BCUT2D eigenvalue weighted by Crippen LogP contribution is -2.69. The number of nitrogens with zero attached hydrogens (tertiary/aromatic N) is 1. The first-order valence-electron chi connectivity index (χ1n) is 14.5.